The molecule has 2 unspecified atom stereocenters. The molecule has 1 aliphatic heterocycles. The highest BCUT2D eigenvalue weighted by Gasteiger charge is 2.27. The summed E-state index contributed by atoms with van der Waals surface area (Å²) >= 11 is 0. The smallest absolute Gasteiger partial charge is 0.237 e. The first-order chi connectivity index (χ1) is 10.2. The number of aromatic nitrogens is 1. The molecule has 0 aliphatic carbocycles. The molecule has 2 heterocycles. The number of carbonyl (C=O) groups is 1. The molecule has 5 nitrogen and oxygen atoms in total. The van der Waals surface area contributed by atoms with Crippen molar-refractivity contribution in [3.05, 3.63) is 36.5 Å². The zero-order valence-corrected chi connectivity index (χ0v) is 12.0. The fourth-order valence-electron chi connectivity index (χ4n) is 2.84. The number of hydrogen-bond acceptors (Lipinski definition) is 3. The molecule has 0 saturated carbocycles. The first-order valence-corrected chi connectivity index (χ1v) is 7.47. The Bertz CT molecular complexity index is 623. The molecule has 5 heteroatoms. The van der Waals surface area contributed by atoms with Gasteiger partial charge in [0, 0.05) is 31.3 Å². The van der Waals surface area contributed by atoms with Gasteiger partial charge in [-0.3, -0.25) is 4.79 Å². The van der Waals surface area contributed by atoms with Crippen LogP contribution < -0.4 is 10.6 Å². The Labute approximate surface area is 124 Å². The van der Waals surface area contributed by atoms with Gasteiger partial charge in [-0.1, -0.05) is 18.2 Å². The van der Waals surface area contributed by atoms with Gasteiger partial charge >= 0.3 is 0 Å². The molecular formula is C16H21N3O2. The van der Waals surface area contributed by atoms with Crippen LogP contribution in [0.5, 0.6) is 0 Å². The highest BCUT2D eigenvalue weighted by atomic mass is 16.3. The zero-order chi connectivity index (χ0) is 14.7. The molecular weight excluding hydrogens is 266 g/mol. The highest BCUT2D eigenvalue weighted by molar-refractivity contribution is 5.82. The Hall–Kier alpha value is -1.85. The zero-order valence-electron chi connectivity index (χ0n) is 12.0. The SMILES string of the molecule is O=C(NCCCn1ccc2ccccc21)C1CC(O)CN1. The van der Waals surface area contributed by atoms with E-state index in [9.17, 15) is 9.90 Å². The van der Waals surface area contributed by atoms with Crippen LogP contribution in [0.2, 0.25) is 0 Å². The van der Waals surface area contributed by atoms with E-state index >= 15 is 0 Å². The summed E-state index contributed by atoms with van der Waals surface area (Å²) in [5.41, 5.74) is 1.23. The molecule has 1 aromatic carbocycles. The second kappa shape index (κ2) is 6.28. The normalized spacial score (nSPS) is 21.8. The van der Waals surface area contributed by atoms with E-state index in [4.69, 9.17) is 0 Å². The van der Waals surface area contributed by atoms with Crippen molar-refractivity contribution in [3.8, 4) is 0 Å². The van der Waals surface area contributed by atoms with Crippen molar-refractivity contribution in [2.75, 3.05) is 13.1 Å². The van der Waals surface area contributed by atoms with Gasteiger partial charge in [-0.2, -0.15) is 0 Å². The molecule has 1 aliphatic rings. The van der Waals surface area contributed by atoms with Crippen molar-refractivity contribution in [2.24, 2.45) is 0 Å². The van der Waals surface area contributed by atoms with Crippen LogP contribution in [-0.4, -0.2) is 40.8 Å². The lowest BCUT2D eigenvalue weighted by molar-refractivity contribution is -0.122. The van der Waals surface area contributed by atoms with Crippen LogP contribution in [-0.2, 0) is 11.3 Å². The van der Waals surface area contributed by atoms with Crippen molar-refractivity contribution in [2.45, 2.75) is 31.5 Å². The maximum atomic E-state index is 11.9. The van der Waals surface area contributed by atoms with Gasteiger partial charge in [0.2, 0.25) is 5.91 Å². The van der Waals surface area contributed by atoms with Gasteiger partial charge in [0.15, 0.2) is 0 Å². The summed E-state index contributed by atoms with van der Waals surface area (Å²) in [6, 6.07) is 10.2. The van der Waals surface area contributed by atoms with Crippen LogP contribution >= 0.6 is 0 Å². The summed E-state index contributed by atoms with van der Waals surface area (Å²) in [6.07, 6.45) is 3.08. The molecule has 0 spiro atoms. The number of benzene rings is 1. The number of aliphatic hydroxyl groups is 1. The van der Waals surface area contributed by atoms with Crippen LogP contribution in [0.3, 0.4) is 0 Å². The van der Waals surface area contributed by atoms with E-state index < -0.39 is 6.10 Å². The van der Waals surface area contributed by atoms with E-state index in [0.717, 1.165) is 13.0 Å². The second-order valence-corrected chi connectivity index (χ2v) is 5.56. The number of rotatable bonds is 5. The standard InChI is InChI=1S/C16H21N3O2/c20-13-10-14(18-11-13)16(21)17-7-3-8-19-9-6-12-4-1-2-5-15(12)19/h1-2,4-6,9,13-14,18,20H,3,7-8,10-11H2,(H,17,21). The summed E-state index contributed by atoms with van der Waals surface area (Å²) in [7, 11) is 0. The third-order valence-corrected chi connectivity index (χ3v) is 3.98. The van der Waals surface area contributed by atoms with Crippen molar-refractivity contribution < 1.29 is 9.90 Å². The number of aryl methyl sites for hydroxylation is 1. The Morgan fingerprint density at radius 2 is 2.24 bits per heavy atom. The quantitative estimate of drug-likeness (QED) is 0.715. The van der Waals surface area contributed by atoms with E-state index in [-0.39, 0.29) is 11.9 Å². The number of β-amino-alcohol motifs (C(OH)–C–C–N with tert-alkyl or cyclic N) is 1. The summed E-state index contributed by atoms with van der Waals surface area (Å²) < 4.78 is 2.21. The number of amides is 1. The number of para-hydroxylation sites is 1. The summed E-state index contributed by atoms with van der Waals surface area (Å²) in [5.74, 6) is -0.0103. The van der Waals surface area contributed by atoms with Gasteiger partial charge in [0.1, 0.15) is 0 Å². The van der Waals surface area contributed by atoms with Gasteiger partial charge in [-0.25, -0.2) is 0 Å². The number of hydrogen-bond donors (Lipinski definition) is 3. The monoisotopic (exact) mass is 287 g/mol. The fraction of sp³-hybridized carbons (Fsp3) is 0.438. The number of nitrogens with zero attached hydrogens (tertiary/aromatic N) is 1. The van der Waals surface area contributed by atoms with Gasteiger partial charge in [-0.15, -0.1) is 0 Å². The molecule has 1 aromatic heterocycles. The molecule has 1 saturated heterocycles. The first-order valence-electron chi connectivity index (χ1n) is 7.47. The Morgan fingerprint density at radius 1 is 1.38 bits per heavy atom. The summed E-state index contributed by atoms with van der Waals surface area (Å²) in [4.78, 5) is 11.9. The van der Waals surface area contributed by atoms with Crippen molar-refractivity contribution in [1.82, 2.24) is 15.2 Å². The molecule has 0 bridgehead atoms. The predicted octanol–water partition coefficient (Wildman–Crippen LogP) is 0.870. The Morgan fingerprint density at radius 3 is 3.05 bits per heavy atom. The lowest BCUT2D eigenvalue weighted by Crippen LogP contribution is -2.40. The minimum absolute atomic E-state index is 0.0103. The van der Waals surface area contributed by atoms with Gasteiger partial charge in [-0.05, 0) is 30.4 Å². The molecule has 2 aromatic rings. The van der Waals surface area contributed by atoms with Gasteiger partial charge in [0.05, 0.1) is 12.1 Å². The molecule has 2 atom stereocenters. The highest BCUT2D eigenvalue weighted by Crippen LogP contribution is 2.15. The topological polar surface area (TPSA) is 66.3 Å². The third-order valence-electron chi connectivity index (χ3n) is 3.98. The second-order valence-electron chi connectivity index (χ2n) is 5.56. The predicted molar refractivity (Wildman–Crippen MR) is 82.0 cm³/mol. The average molecular weight is 287 g/mol. The summed E-state index contributed by atoms with van der Waals surface area (Å²) in [6.45, 7) is 2.04. The summed E-state index contributed by atoms with van der Waals surface area (Å²) in [5, 5.41) is 16.6. The van der Waals surface area contributed by atoms with Crippen molar-refractivity contribution >= 4 is 16.8 Å². The largest absolute Gasteiger partial charge is 0.392 e. The van der Waals surface area contributed by atoms with E-state index in [1.807, 2.05) is 12.1 Å². The molecule has 21 heavy (non-hydrogen) atoms. The minimum atomic E-state index is -0.396. The Kier molecular flexibility index (Phi) is 4.22. The van der Waals surface area contributed by atoms with Gasteiger partial charge in [0.25, 0.3) is 0 Å². The minimum Gasteiger partial charge on any atom is -0.392 e. The van der Waals surface area contributed by atoms with E-state index in [1.165, 1.54) is 10.9 Å². The van der Waals surface area contributed by atoms with Crippen molar-refractivity contribution in [3.63, 3.8) is 0 Å². The number of nitrogens with one attached hydrogen (secondary N) is 2. The fourth-order valence-corrected chi connectivity index (χ4v) is 2.84. The first kappa shape index (κ1) is 14.1. The van der Waals surface area contributed by atoms with Crippen LogP contribution in [0.25, 0.3) is 10.9 Å². The molecule has 0 radical (unpaired) electrons. The van der Waals surface area contributed by atoms with Crippen LogP contribution in [0.15, 0.2) is 36.5 Å². The Balaban J connectivity index is 1.45. The van der Waals surface area contributed by atoms with E-state index in [0.29, 0.717) is 19.5 Å². The number of carbonyl (C=O) groups excluding carboxylic acids is 1. The van der Waals surface area contributed by atoms with Crippen molar-refractivity contribution in [1.29, 1.82) is 0 Å². The lowest BCUT2D eigenvalue weighted by Gasteiger charge is -2.11. The molecule has 1 fully saturated rings. The van der Waals surface area contributed by atoms with E-state index in [2.05, 4.69) is 39.6 Å². The molecule has 3 N–H and O–H groups in total. The maximum absolute atomic E-state index is 11.9. The van der Waals surface area contributed by atoms with E-state index in [1.54, 1.807) is 0 Å². The molecule has 1 amide bonds. The van der Waals surface area contributed by atoms with Crippen LogP contribution in [0.1, 0.15) is 12.8 Å². The lowest BCUT2D eigenvalue weighted by atomic mass is 10.2. The maximum Gasteiger partial charge on any atom is 0.237 e. The van der Waals surface area contributed by atoms with Crippen LogP contribution in [0, 0.1) is 0 Å². The number of aliphatic hydroxyl groups excluding tert-OH is 1. The molecule has 112 valence electrons. The van der Waals surface area contributed by atoms with Crippen LogP contribution in [0.4, 0.5) is 0 Å². The van der Waals surface area contributed by atoms with Gasteiger partial charge < -0.3 is 20.3 Å². The molecule has 3 rings (SSSR count). The third kappa shape index (κ3) is 3.25. The average Bonchev–Trinajstić information content (AvgIpc) is 3.10. The number of fused-ring (bicyclic) bond motifs is 1.